The van der Waals surface area contributed by atoms with Crippen LogP contribution in [-0.2, 0) is 11.0 Å². The van der Waals surface area contributed by atoms with Crippen molar-refractivity contribution in [1.29, 1.82) is 0 Å². The van der Waals surface area contributed by atoms with E-state index in [1.807, 2.05) is 0 Å². The molecule has 0 aliphatic heterocycles. The SMILES string of the molecule is N[C@H](C(=O)O)c1cc(F)c(C(F)(F)F)cc1O. The van der Waals surface area contributed by atoms with Crippen LogP contribution in [0.25, 0.3) is 0 Å². The summed E-state index contributed by atoms with van der Waals surface area (Å²) in [6.45, 7) is 0. The Balaban J connectivity index is 3.33. The Morgan fingerprint density at radius 2 is 1.88 bits per heavy atom. The van der Waals surface area contributed by atoms with E-state index in [4.69, 9.17) is 10.8 Å². The number of hydrogen-bond donors (Lipinski definition) is 3. The Morgan fingerprint density at radius 1 is 1.35 bits per heavy atom. The highest BCUT2D eigenvalue weighted by atomic mass is 19.4. The lowest BCUT2D eigenvalue weighted by molar-refractivity contribution is -0.140. The minimum absolute atomic E-state index is 0.105. The van der Waals surface area contributed by atoms with Crippen molar-refractivity contribution in [3.8, 4) is 5.75 Å². The quantitative estimate of drug-likeness (QED) is 0.699. The number of nitrogens with two attached hydrogens (primary N) is 1. The molecule has 0 saturated carbocycles. The lowest BCUT2D eigenvalue weighted by Crippen LogP contribution is -2.21. The second-order valence-corrected chi connectivity index (χ2v) is 3.20. The van der Waals surface area contributed by atoms with E-state index in [-0.39, 0.29) is 12.1 Å². The molecular weight excluding hydrogens is 246 g/mol. The summed E-state index contributed by atoms with van der Waals surface area (Å²) in [5, 5.41) is 17.7. The van der Waals surface area contributed by atoms with Crippen molar-refractivity contribution in [2.75, 3.05) is 0 Å². The average molecular weight is 253 g/mol. The molecule has 0 heterocycles. The lowest BCUT2D eigenvalue weighted by Gasteiger charge is -2.13. The molecule has 0 saturated heterocycles. The first-order valence-electron chi connectivity index (χ1n) is 4.22. The van der Waals surface area contributed by atoms with Crippen molar-refractivity contribution in [1.82, 2.24) is 0 Å². The van der Waals surface area contributed by atoms with Crippen molar-refractivity contribution in [2.24, 2.45) is 5.73 Å². The van der Waals surface area contributed by atoms with Gasteiger partial charge in [-0.15, -0.1) is 0 Å². The number of hydrogen-bond acceptors (Lipinski definition) is 3. The number of carbonyl (C=O) groups is 1. The summed E-state index contributed by atoms with van der Waals surface area (Å²) in [6, 6.07) is -1.43. The van der Waals surface area contributed by atoms with E-state index in [1.165, 1.54) is 0 Å². The van der Waals surface area contributed by atoms with Gasteiger partial charge in [0.05, 0.1) is 5.56 Å². The third kappa shape index (κ3) is 2.64. The molecule has 1 aromatic rings. The maximum absolute atomic E-state index is 13.1. The second kappa shape index (κ2) is 4.21. The predicted molar refractivity (Wildman–Crippen MR) is 47.6 cm³/mol. The largest absolute Gasteiger partial charge is 0.508 e. The monoisotopic (exact) mass is 253 g/mol. The van der Waals surface area contributed by atoms with Crippen LogP contribution in [0.3, 0.4) is 0 Å². The molecule has 0 radical (unpaired) electrons. The molecule has 0 fully saturated rings. The summed E-state index contributed by atoms with van der Waals surface area (Å²) in [7, 11) is 0. The number of phenolic OH excluding ortho intramolecular Hbond substituents is 1. The summed E-state index contributed by atoms with van der Waals surface area (Å²) in [5.74, 6) is -4.31. The number of alkyl halides is 3. The van der Waals surface area contributed by atoms with Crippen LogP contribution in [0, 0.1) is 5.82 Å². The van der Waals surface area contributed by atoms with Gasteiger partial charge in [0.1, 0.15) is 17.6 Å². The molecule has 8 heteroatoms. The zero-order chi connectivity index (χ0) is 13.4. The van der Waals surface area contributed by atoms with Crippen molar-refractivity contribution in [2.45, 2.75) is 12.2 Å². The molecule has 4 nitrogen and oxygen atoms in total. The van der Waals surface area contributed by atoms with E-state index in [0.29, 0.717) is 0 Å². The average Bonchev–Trinajstić information content (AvgIpc) is 2.18. The summed E-state index contributed by atoms with van der Waals surface area (Å²) in [4.78, 5) is 10.5. The molecule has 0 aliphatic carbocycles. The van der Waals surface area contributed by atoms with Crippen molar-refractivity contribution >= 4 is 5.97 Å². The molecule has 1 aromatic carbocycles. The van der Waals surface area contributed by atoms with E-state index in [9.17, 15) is 27.5 Å². The number of carboxylic acids is 1. The molecule has 0 amide bonds. The topological polar surface area (TPSA) is 83.6 Å². The molecule has 17 heavy (non-hydrogen) atoms. The number of aliphatic carboxylic acids is 1. The van der Waals surface area contributed by atoms with Crippen molar-refractivity contribution in [3.63, 3.8) is 0 Å². The highest BCUT2D eigenvalue weighted by molar-refractivity contribution is 5.76. The number of carboxylic acid groups (broad SMARTS) is 1. The molecule has 0 unspecified atom stereocenters. The van der Waals surface area contributed by atoms with Crippen LogP contribution in [0.1, 0.15) is 17.2 Å². The number of phenols is 1. The van der Waals surface area contributed by atoms with Gasteiger partial charge >= 0.3 is 12.1 Å². The highest BCUT2D eigenvalue weighted by Gasteiger charge is 2.35. The van der Waals surface area contributed by atoms with E-state index >= 15 is 0 Å². The number of rotatable bonds is 2. The smallest absolute Gasteiger partial charge is 0.419 e. The molecule has 0 spiro atoms. The van der Waals surface area contributed by atoms with Crippen LogP contribution in [-0.4, -0.2) is 16.2 Å². The summed E-state index contributed by atoms with van der Waals surface area (Å²) >= 11 is 0. The van der Waals surface area contributed by atoms with Gasteiger partial charge in [-0.3, -0.25) is 4.79 Å². The first-order chi connectivity index (χ1) is 7.64. The fourth-order valence-electron chi connectivity index (χ4n) is 1.18. The number of halogens is 4. The second-order valence-electron chi connectivity index (χ2n) is 3.20. The van der Waals surface area contributed by atoms with Gasteiger partial charge in [-0.25, -0.2) is 4.39 Å². The van der Waals surface area contributed by atoms with Gasteiger partial charge < -0.3 is 15.9 Å². The molecule has 94 valence electrons. The molecule has 4 N–H and O–H groups in total. The minimum atomic E-state index is -4.98. The van der Waals surface area contributed by atoms with E-state index in [2.05, 4.69) is 0 Å². The highest BCUT2D eigenvalue weighted by Crippen LogP contribution is 2.36. The molecule has 0 aromatic heterocycles. The minimum Gasteiger partial charge on any atom is -0.508 e. The zero-order valence-electron chi connectivity index (χ0n) is 8.12. The van der Waals surface area contributed by atoms with Gasteiger partial charge in [0.2, 0.25) is 0 Å². The Hall–Kier alpha value is -1.83. The Labute approximate surface area is 92.3 Å². The Morgan fingerprint density at radius 3 is 2.29 bits per heavy atom. The van der Waals surface area contributed by atoms with Crippen molar-refractivity contribution in [3.05, 3.63) is 29.1 Å². The van der Waals surface area contributed by atoms with Gasteiger partial charge in [0.15, 0.2) is 0 Å². The van der Waals surface area contributed by atoms with Crippen molar-refractivity contribution < 1.29 is 32.6 Å². The van der Waals surface area contributed by atoms with E-state index < -0.39 is 40.9 Å². The van der Waals surface area contributed by atoms with Crippen LogP contribution in [0.4, 0.5) is 17.6 Å². The maximum atomic E-state index is 13.1. The van der Waals surface area contributed by atoms with Crippen LogP contribution < -0.4 is 5.73 Å². The maximum Gasteiger partial charge on any atom is 0.419 e. The van der Waals surface area contributed by atoms with Gasteiger partial charge in [0.25, 0.3) is 0 Å². The van der Waals surface area contributed by atoms with Gasteiger partial charge in [-0.1, -0.05) is 0 Å². The molecular formula is C9H7F4NO3. The summed E-state index contributed by atoms with van der Waals surface area (Å²) in [6.07, 6.45) is -4.98. The summed E-state index contributed by atoms with van der Waals surface area (Å²) < 4.78 is 49.7. The number of benzene rings is 1. The van der Waals surface area contributed by atoms with Crippen LogP contribution in [0.2, 0.25) is 0 Å². The normalized spacial score (nSPS) is 13.5. The van der Waals surface area contributed by atoms with E-state index in [1.54, 1.807) is 0 Å². The Kier molecular flexibility index (Phi) is 3.28. The van der Waals surface area contributed by atoms with Crippen LogP contribution in [0.15, 0.2) is 12.1 Å². The standard InChI is InChI=1S/C9H7F4NO3/c10-5-1-3(7(14)8(16)17)6(15)2-4(5)9(11,12)13/h1-2,7,15H,14H2,(H,16,17)/t7-/m0/s1. The Bertz CT molecular complexity index is 458. The third-order valence-corrected chi connectivity index (χ3v) is 2.02. The number of aromatic hydroxyl groups is 1. The molecule has 0 aliphatic rings. The van der Waals surface area contributed by atoms with Crippen LogP contribution >= 0.6 is 0 Å². The summed E-state index contributed by atoms with van der Waals surface area (Å²) in [5.41, 5.74) is 2.75. The van der Waals surface area contributed by atoms with Gasteiger partial charge in [-0.05, 0) is 12.1 Å². The predicted octanol–water partition coefficient (Wildman–Crippen LogP) is 1.63. The van der Waals surface area contributed by atoms with E-state index in [0.717, 1.165) is 0 Å². The van der Waals surface area contributed by atoms with Gasteiger partial charge in [-0.2, -0.15) is 13.2 Å². The molecule has 1 rings (SSSR count). The van der Waals surface area contributed by atoms with Crippen LogP contribution in [0.5, 0.6) is 5.75 Å². The molecule has 0 bridgehead atoms. The first-order valence-corrected chi connectivity index (χ1v) is 4.22. The van der Waals surface area contributed by atoms with Gasteiger partial charge in [0, 0.05) is 5.56 Å². The fraction of sp³-hybridized carbons (Fsp3) is 0.222. The first kappa shape index (κ1) is 13.2. The zero-order valence-corrected chi connectivity index (χ0v) is 8.12. The third-order valence-electron chi connectivity index (χ3n) is 2.02. The fourth-order valence-corrected chi connectivity index (χ4v) is 1.18. The molecule has 1 atom stereocenters. The lowest BCUT2D eigenvalue weighted by atomic mass is 10.0.